The SMILES string of the molecule is CCc1ccccc1NC(=O)CCCC(=O)OCC(=O)Nc1cc(Cl)ccc1Cl. The van der Waals surface area contributed by atoms with Gasteiger partial charge in [0.15, 0.2) is 6.61 Å². The van der Waals surface area contributed by atoms with Gasteiger partial charge in [0.2, 0.25) is 5.91 Å². The van der Waals surface area contributed by atoms with Crippen molar-refractivity contribution in [1.82, 2.24) is 0 Å². The molecule has 0 aliphatic rings. The van der Waals surface area contributed by atoms with E-state index < -0.39 is 18.5 Å². The second-order valence-corrected chi connectivity index (χ2v) is 7.09. The van der Waals surface area contributed by atoms with E-state index in [4.69, 9.17) is 27.9 Å². The maximum Gasteiger partial charge on any atom is 0.306 e. The van der Waals surface area contributed by atoms with Gasteiger partial charge < -0.3 is 15.4 Å². The number of amides is 2. The summed E-state index contributed by atoms with van der Waals surface area (Å²) in [6.07, 6.45) is 1.34. The van der Waals surface area contributed by atoms with E-state index in [9.17, 15) is 14.4 Å². The van der Waals surface area contributed by atoms with Crippen molar-refractivity contribution in [3.8, 4) is 0 Å². The van der Waals surface area contributed by atoms with Gasteiger partial charge in [0, 0.05) is 23.6 Å². The highest BCUT2D eigenvalue weighted by Gasteiger charge is 2.11. The molecule has 0 bridgehead atoms. The molecule has 2 aromatic carbocycles. The van der Waals surface area contributed by atoms with Crippen LogP contribution >= 0.6 is 23.2 Å². The standard InChI is InChI=1S/C21H22Cl2N2O4/c1-2-14-6-3-4-7-17(14)24-19(26)8-5-9-21(28)29-13-20(27)25-18-12-15(22)10-11-16(18)23/h3-4,6-7,10-12H,2,5,8-9,13H2,1H3,(H,24,26)(H,25,27). The molecule has 0 aromatic heterocycles. The van der Waals surface area contributed by atoms with Crippen molar-refractivity contribution in [2.75, 3.05) is 17.2 Å². The minimum Gasteiger partial charge on any atom is -0.456 e. The van der Waals surface area contributed by atoms with E-state index >= 15 is 0 Å². The second-order valence-electron chi connectivity index (χ2n) is 6.25. The van der Waals surface area contributed by atoms with Crippen molar-refractivity contribution in [3.63, 3.8) is 0 Å². The first-order valence-corrected chi connectivity index (χ1v) is 9.93. The first kappa shape index (κ1) is 22.7. The summed E-state index contributed by atoms with van der Waals surface area (Å²) in [7, 11) is 0. The van der Waals surface area contributed by atoms with Gasteiger partial charge in [-0.2, -0.15) is 0 Å². The van der Waals surface area contributed by atoms with Gasteiger partial charge in [-0.3, -0.25) is 14.4 Å². The highest BCUT2D eigenvalue weighted by Crippen LogP contribution is 2.25. The fraction of sp³-hybridized carbons (Fsp3) is 0.286. The molecular weight excluding hydrogens is 415 g/mol. The van der Waals surface area contributed by atoms with E-state index in [1.807, 2.05) is 31.2 Å². The quantitative estimate of drug-likeness (QED) is 0.550. The van der Waals surface area contributed by atoms with Crippen LogP contribution in [0.5, 0.6) is 0 Å². The van der Waals surface area contributed by atoms with E-state index in [0.29, 0.717) is 22.2 Å². The number of carbonyl (C=O) groups excluding carboxylic acids is 3. The first-order chi connectivity index (χ1) is 13.9. The third-order valence-electron chi connectivity index (χ3n) is 4.02. The number of halogens is 2. The van der Waals surface area contributed by atoms with E-state index in [-0.39, 0.29) is 18.7 Å². The van der Waals surface area contributed by atoms with Crippen molar-refractivity contribution in [2.45, 2.75) is 32.6 Å². The number of nitrogens with one attached hydrogen (secondary N) is 2. The number of para-hydroxylation sites is 1. The molecule has 0 unspecified atom stereocenters. The molecule has 0 fully saturated rings. The summed E-state index contributed by atoms with van der Waals surface area (Å²) in [4.78, 5) is 35.7. The smallest absolute Gasteiger partial charge is 0.306 e. The molecule has 0 aliphatic carbocycles. The zero-order valence-corrected chi connectivity index (χ0v) is 17.5. The van der Waals surface area contributed by atoms with Crippen LogP contribution in [0, 0.1) is 0 Å². The molecule has 29 heavy (non-hydrogen) atoms. The minimum absolute atomic E-state index is 0.0358. The van der Waals surface area contributed by atoms with Gasteiger partial charge in [-0.1, -0.05) is 48.3 Å². The summed E-state index contributed by atoms with van der Waals surface area (Å²) in [5, 5.41) is 6.11. The lowest BCUT2D eigenvalue weighted by Crippen LogP contribution is -2.21. The summed E-state index contributed by atoms with van der Waals surface area (Å²) in [5.74, 6) is -1.26. The molecule has 0 radical (unpaired) electrons. The van der Waals surface area contributed by atoms with Crippen LogP contribution in [0.3, 0.4) is 0 Å². The first-order valence-electron chi connectivity index (χ1n) is 9.17. The Hall–Kier alpha value is -2.57. The van der Waals surface area contributed by atoms with Gasteiger partial charge >= 0.3 is 5.97 Å². The van der Waals surface area contributed by atoms with Crippen molar-refractivity contribution < 1.29 is 19.1 Å². The molecule has 0 heterocycles. The molecule has 2 rings (SSSR count). The van der Waals surface area contributed by atoms with E-state index in [2.05, 4.69) is 10.6 Å². The molecule has 154 valence electrons. The van der Waals surface area contributed by atoms with Crippen LogP contribution in [-0.4, -0.2) is 24.4 Å². The Balaban J connectivity index is 1.68. The number of esters is 1. The van der Waals surface area contributed by atoms with Crippen molar-refractivity contribution in [2.24, 2.45) is 0 Å². The Morgan fingerprint density at radius 3 is 2.41 bits per heavy atom. The monoisotopic (exact) mass is 436 g/mol. The summed E-state index contributed by atoms with van der Waals surface area (Å²) < 4.78 is 4.92. The van der Waals surface area contributed by atoms with Gasteiger partial charge in [-0.15, -0.1) is 0 Å². The van der Waals surface area contributed by atoms with Crippen molar-refractivity contribution >= 4 is 52.4 Å². The molecule has 0 spiro atoms. The van der Waals surface area contributed by atoms with Gasteiger partial charge in [0.1, 0.15) is 0 Å². The lowest BCUT2D eigenvalue weighted by Gasteiger charge is -2.10. The average molecular weight is 437 g/mol. The Morgan fingerprint density at radius 1 is 0.931 bits per heavy atom. The Bertz CT molecular complexity index is 887. The maximum absolute atomic E-state index is 12.0. The highest BCUT2D eigenvalue weighted by molar-refractivity contribution is 6.35. The molecule has 0 aliphatic heterocycles. The second kappa shape index (κ2) is 11.4. The van der Waals surface area contributed by atoms with Crippen LogP contribution in [0.15, 0.2) is 42.5 Å². The molecule has 6 nitrogen and oxygen atoms in total. The van der Waals surface area contributed by atoms with Crippen LogP contribution in [0.1, 0.15) is 31.7 Å². The molecule has 8 heteroatoms. The number of hydrogen-bond donors (Lipinski definition) is 2. The summed E-state index contributed by atoms with van der Waals surface area (Å²) in [6, 6.07) is 12.2. The van der Waals surface area contributed by atoms with Gasteiger partial charge in [-0.25, -0.2) is 0 Å². The molecule has 2 aromatic rings. The Morgan fingerprint density at radius 2 is 1.66 bits per heavy atom. The lowest BCUT2D eigenvalue weighted by atomic mass is 10.1. The number of aryl methyl sites for hydroxylation is 1. The maximum atomic E-state index is 12.0. The number of anilines is 2. The lowest BCUT2D eigenvalue weighted by molar-refractivity contribution is -0.147. The Labute approximate surface area is 179 Å². The van der Waals surface area contributed by atoms with Crippen LogP contribution in [0.4, 0.5) is 11.4 Å². The van der Waals surface area contributed by atoms with E-state index in [0.717, 1.165) is 17.7 Å². The average Bonchev–Trinajstić information content (AvgIpc) is 2.69. The van der Waals surface area contributed by atoms with Crippen LogP contribution < -0.4 is 10.6 Å². The van der Waals surface area contributed by atoms with E-state index in [1.165, 1.54) is 6.07 Å². The fourth-order valence-corrected chi connectivity index (χ4v) is 2.89. The molecule has 0 saturated heterocycles. The highest BCUT2D eigenvalue weighted by atomic mass is 35.5. The molecule has 0 saturated carbocycles. The molecule has 2 N–H and O–H groups in total. The largest absolute Gasteiger partial charge is 0.456 e. The Kier molecular flexibility index (Phi) is 8.96. The molecular formula is C21H22Cl2N2O4. The number of benzene rings is 2. The topological polar surface area (TPSA) is 84.5 Å². The fourth-order valence-electron chi connectivity index (χ4n) is 2.55. The summed E-state index contributed by atoms with van der Waals surface area (Å²) in [6.45, 7) is 1.56. The summed E-state index contributed by atoms with van der Waals surface area (Å²) >= 11 is 11.8. The number of ether oxygens (including phenoxy) is 1. The van der Waals surface area contributed by atoms with Gasteiger partial charge in [0.25, 0.3) is 5.91 Å². The van der Waals surface area contributed by atoms with Crippen LogP contribution in [-0.2, 0) is 25.5 Å². The molecule has 0 atom stereocenters. The number of rotatable bonds is 9. The predicted molar refractivity (Wildman–Crippen MR) is 114 cm³/mol. The van der Waals surface area contributed by atoms with Gasteiger partial charge in [0.05, 0.1) is 10.7 Å². The molecule has 2 amide bonds. The van der Waals surface area contributed by atoms with Gasteiger partial charge in [-0.05, 0) is 42.7 Å². The predicted octanol–water partition coefficient (Wildman–Crippen LogP) is 4.85. The zero-order chi connectivity index (χ0) is 21.2. The minimum atomic E-state index is -0.556. The van der Waals surface area contributed by atoms with Crippen molar-refractivity contribution in [1.29, 1.82) is 0 Å². The zero-order valence-electron chi connectivity index (χ0n) is 16.0. The normalized spacial score (nSPS) is 10.3. The van der Waals surface area contributed by atoms with Crippen LogP contribution in [0.2, 0.25) is 10.0 Å². The number of carbonyl (C=O) groups is 3. The summed E-state index contributed by atoms with van der Waals surface area (Å²) in [5.41, 5.74) is 2.16. The van der Waals surface area contributed by atoms with Crippen molar-refractivity contribution in [3.05, 3.63) is 58.1 Å². The van der Waals surface area contributed by atoms with E-state index in [1.54, 1.807) is 12.1 Å². The third kappa shape index (κ3) is 7.75. The number of hydrogen-bond acceptors (Lipinski definition) is 4. The third-order valence-corrected chi connectivity index (χ3v) is 4.59. The van der Waals surface area contributed by atoms with Crippen LogP contribution in [0.25, 0.3) is 0 Å².